The van der Waals surface area contributed by atoms with Crippen molar-refractivity contribution in [2.75, 3.05) is 13.1 Å². The molecule has 0 aromatic heterocycles. The van der Waals surface area contributed by atoms with Crippen LogP contribution in [0.2, 0.25) is 10.0 Å². The number of nitrogens with zero attached hydrogens (tertiary/aromatic N) is 1. The number of carbonyl (C=O) groups excluding carboxylic acids is 2. The van der Waals surface area contributed by atoms with Gasteiger partial charge in [-0.1, -0.05) is 35.3 Å². The van der Waals surface area contributed by atoms with Crippen molar-refractivity contribution in [2.45, 2.75) is 32.6 Å². The van der Waals surface area contributed by atoms with Gasteiger partial charge in [0, 0.05) is 30.2 Å². The number of halogens is 2. The monoisotopic (exact) mass is 420 g/mol. The van der Waals surface area contributed by atoms with Crippen LogP contribution in [-0.4, -0.2) is 42.0 Å². The molecule has 2 aromatic rings. The lowest BCUT2D eigenvalue weighted by Gasteiger charge is -2.35. The van der Waals surface area contributed by atoms with Gasteiger partial charge in [0.15, 0.2) is 0 Å². The molecule has 1 fully saturated rings. The van der Waals surface area contributed by atoms with Crippen LogP contribution in [0.1, 0.15) is 40.1 Å². The van der Waals surface area contributed by atoms with Crippen molar-refractivity contribution < 1.29 is 14.3 Å². The smallest absolute Gasteiger partial charge is 0.254 e. The molecule has 3 rings (SSSR count). The van der Waals surface area contributed by atoms with Gasteiger partial charge in [0.25, 0.3) is 11.8 Å². The summed E-state index contributed by atoms with van der Waals surface area (Å²) < 4.78 is 5.68. The molecule has 1 saturated heterocycles. The molecule has 7 heteroatoms. The lowest BCUT2D eigenvalue weighted by Crippen LogP contribution is -2.48. The van der Waals surface area contributed by atoms with E-state index < -0.39 is 0 Å². The van der Waals surface area contributed by atoms with Crippen molar-refractivity contribution in [3.8, 4) is 0 Å². The summed E-state index contributed by atoms with van der Waals surface area (Å²) in [5.74, 6) is -0.288. The van der Waals surface area contributed by atoms with Crippen LogP contribution >= 0.6 is 23.2 Å². The Hall–Kier alpha value is -2.08. The minimum absolute atomic E-state index is 0.00877. The molecule has 1 aliphatic rings. The van der Waals surface area contributed by atoms with Gasteiger partial charge in [0.2, 0.25) is 0 Å². The van der Waals surface area contributed by atoms with E-state index in [-0.39, 0.29) is 24.0 Å². The molecule has 2 atom stereocenters. The average Bonchev–Trinajstić information content (AvgIpc) is 2.65. The highest BCUT2D eigenvalue weighted by Crippen LogP contribution is 2.21. The van der Waals surface area contributed by atoms with Gasteiger partial charge >= 0.3 is 0 Å². The molecule has 2 unspecified atom stereocenters. The molecule has 0 saturated carbocycles. The number of morpholine rings is 1. The largest absolute Gasteiger partial charge is 0.372 e. The first kappa shape index (κ1) is 20.6. The van der Waals surface area contributed by atoms with E-state index in [0.29, 0.717) is 40.8 Å². The zero-order chi connectivity index (χ0) is 20.3. The third-order valence-corrected chi connectivity index (χ3v) is 5.08. The van der Waals surface area contributed by atoms with E-state index in [1.165, 1.54) is 6.07 Å². The Morgan fingerprint density at radius 1 is 1.07 bits per heavy atom. The summed E-state index contributed by atoms with van der Waals surface area (Å²) in [6, 6.07) is 12.0. The molecule has 0 radical (unpaired) electrons. The van der Waals surface area contributed by atoms with E-state index in [0.717, 1.165) is 5.56 Å². The number of rotatable bonds is 4. The summed E-state index contributed by atoms with van der Waals surface area (Å²) in [5, 5.41) is 3.60. The molecule has 2 aromatic carbocycles. The summed E-state index contributed by atoms with van der Waals surface area (Å²) >= 11 is 11.9. The highest BCUT2D eigenvalue weighted by Gasteiger charge is 2.26. The predicted molar refractivity (Wildman–Crippen MR) is 110 cm³/mol. The van der Waals surface area contributed by atoms with Gasteiger partial charge in [-0.25, -0.2) is 0 Å². The molecule has 1 aliphatic heterocycles. The Kier molecular flexibility index (Phi) is 6.60. The summed E-state index contributed by atoms with van der Waals surface area (Å²) in [6.45, 7) is 5.44. The topological polar surface area (TPSA) is 58.6 Å². The predicted octanol–water partition coefficient (Wildman–Crippen LogP) is 4.17. The van der Waals surface area contributed by atoms with Crippen molar-refractivity contribution >= 4 is 35.0 Å². The van der Waals surface area contributed by atoms with E-state index >= 15 is 0 Å². The molecule has 148 valence electrons. The van der Waals surface area contributed by atoms with E-state index in [1.807, 2.05) is 30.9 Å². The second-order valence-electron chi connectivity index (χ2n) is 6.97. The number of amides is 2. The van der Waals surface area contributed by atoms with Gasteiger partial charge in [-0.05, 0) is 49.7 Å². The fourth-order valence-electron chi connectivity index (χ4n) is 3.24. The summed E-state index contributed by atoms with van der Waals surface area (Å²) in [4.78, 5) is 26.8. The van der Waals surface area contributed by atoms with Crippen LogP contribution in [0, 0.1) is 0 Å². The van der Waals surface area contributed by atoms with E-state index in [4.69, 9.17) is 27.9 Å². The Bertz CT molecular complexity index is 860. The normalized spacial score (nSPS) is 19.4. The minimum atomic E-state index is -0.280. The molecule has 2 amide bonds. The number of benzene rings is 2. The van der Waals surface area contributed by atoms with Crippen LogP contribution in [0.4, 0.5) is 0 Å². The second-order valence-corrected chi connectivity index (χ2v) is 7.81. The third kappa shape index (κ3) is 5.04. The lowest BCUT2D eigenvalue weighted by molar-refractivity contribution is -0.0586. The van der Waals surface area contributed by atoms with Crippen molar-refractivity contribution in [3.05, 3.63) is 69.2 Å². The van der Waals surface area contributed by atoms with Crippen LogP contribution in [-0.2, 0) is 11.3 Å². The maximum absolute atomic E-state index is 12.7. The standard InChI is InChI=1S/C21H22Cl2N2O3/c1-13-11-25(12-14(2)28-13)21(27)16-5-3-15(4-6-16)10-24-20(26)18-8-7-17(22)9-19(18)23/h3-9,13-14H,10-12H2,1-2H3,(H,24,26). The average molecular weight is 421 g/mol. The highest BCUT2D eigenvalue weighted by atomic mass is 35.5. The van der Waals surface area contributed by atoms with Gasteiger partial charge in [-0.3, -0.25) is 9.59 Å². The Morgan fingerprint density at radius 3 is 2.32 bits per heavy atom. The van der Waals surface area contributed by atoms with Crippen LogP contribution in [0.15, 0.2) is 42.5 Å². The van der Waals surface area contributed by atoms with E-state index in [2.05, 4.69) is 5.32 Å². The first-order valence-corrected chi connectivity index (χ1v) is 9.86. The third-order valence-electron chi connectivity index (χ3n) is 4.54. The Balaban J connectivity index is 1.60. The lowest BCUT2D eigenvalue weighted by atomic mass is 10.1. The number of hydrogen-bond acceptors (Lipinski definition) is 3. The maximum Gasteiger partial charge on any atom is 0.254 e. The zero-order valence-electron chi connectivity index (χ0n) is 15.7. The van der Waals surface area contributed by atoms with Gasteiger partial charge in [0.1, 0.15) is 0 Å². The molecule has 1 N–H and O–H groups in total. The molecular weight excluding hydrogens is 399 g/mol. The van der Waals surface area contributed by atoms with Crippen LogP contribution < -0.4 is 5.32 Å². The SMILES string of the molecule is CC1CN(C(=O)c2ccc(CNC(=O)c3ccc(Cl)cc3Cl)cc2)CC(C)O1. The van der Waals surface area contributed by atoms with Gasteiger partial charge in [-0.2, -0.15) is 0 Å². The maximum atomic E-state index is 12.7. The minimum Gasteiger partial charge on any atom is -0.372 e. The van der Waals surface area contributed by atoms with Crippen molar-refractivity contribution in [1.29, 1.82) is 0 Å². The fourth-order valence-corrected chi connectivity index (χ4v) is 3.74. The molecular formula is C21H22Cl2N2O3. The molecule has 0 aliphatic carbocycles. The molecule has 5 nitrogen and oxygen atoms in total. The van der Waals surface area contributed by atoms with E-state index in [1.54, 1.807) is 24.3 Å². The number of ether oxygens (including phenoxy) is 1. The first-order chi connectivity index (χ1) is 13.3. The Morgan fingerprint density at radius 2 is 1.71 bits per heavy atom. The van der Waals surface area contributed by atoms with Crippen molar-refractivity contribution in [1.82, 2.24) is 10.2 Å². The molecule has 0 bridgehead atoms. The summed E-state index contributed by atoms with van der Waals surface area (Å²) in [6.07, 6.45) is 0.0590. The highest BCUT2D eigenvalue weighted by molar-refractivity contribution is 6.36. The van der Waals surface area contributed by atoms with Crippen LogP contribution in [0.5, 0.6) is 0 Å². The second kappa shape index (κ2) is 8.95. The van der Waals surface area contributed by atoms with E-state index in [9.17, 15) is 9.59 Å². The fraction of sp³-hybridized carbons (Fsp3) is 0.333. The van der Waals surface area contributed by atoms with Crippen LogP contribution in [0.3, 0.4) is 0 Å². The van der Waals surface area contributed by atoms with Gasteiger partial charge < -0.3 is 15.0 Å². The Labute approximate surface area is 174 Å². The van der Waals surface area contributed by atoms with Crippen LogP contribution in [0.25, 0.3) is 0 Å². The summed E-state index contributed by atoms with van der Waals surface area (Å²) in [7, 11) is 0. The zero-order valence-corrected chi connectivity index (χ0v) is 17.3. The quantitative estimate of drug-likeness (QED) is 0.806. The number of carbonyl (C=O) groups is 2. The van der Waals surface area contributed by atoms with Crippen molar-refractivity contribution in [2.24, 2.45) is 0 Å². The van der Waals surface area contributed by atoms with Gasteiger partial charge in [0.05, 0.1) is 22.8 Å². The molecule has 1 heterocycles. The number of hydrogen-bond donors (Lipinski definition) is 1. The number of nitrogens with one attached hydrogen (secondary N) is 1. The molecule has 0 spiro atoms. The van der Waals surface area contributed by atoms with Gasteiger partial charge in [-0.15, -0.1) is 0 Å². The summed E-state index contributed by atoms with van der Waals surface area (Å²) in [5.41, 5.74) is 1.88. The first-order valence-electron chi connectivity index (χ1n) is 9.10. The molecule has 28 heavy (non-hydrogen) atoms. The van der Waals surface area contributed by atoms with Crippen molar-refractivity contribution in [3.63, 3.8) is 0 Å².